The molecule has 1 aromatic carbocycles. The number of benzene rings is 1. The number of amides is 1. The van der Waals surface area contributed by atoms with Gasteiger partial charge in [0.25, 0.3) is 0 Å². The molecular weight excluding hydrogens is 278 g/mol. The van der Waals surface area contributed by atoms with Gasteiger partial charge in [-0.2, -0.15) is 0 Å². The third-order valence-electron chi connectivity index (χ3n) is 3.83. The van der Waals surface area contributed by atoms with Crippen LogP contribution in [0.2, 0.25) is 0 Å². The fourth-order valence-electron chi connectivity index (χ4n) is 2.83. The molecule has 1 heterocycles. The lowest BCUT2D eigenvalue weighted by molar-refractivity contribution is -0.115. The zero-order chi connectivity index (χ0) is 14.3. The summed E-state index contributed by atoms with van der Waals surface area (Å²) >= 11 is 0. The van der Waals surface area contributed by atoms with E-state index in [4.69, 9.17) is 5.73 Å². The summed E-state index contributed by atoms with van der Waals surface area (Å²) in [6.45, 7) is 0. The molecule has 1 aromatic rings. The van der Waals surface area contributed by atoms with Gasteiger partial charge in [-0.3, -0.25) is 4.79 Å². The lowest BCUT2D eigenvalue weighted by atomic mass is 10.1. The lowest BCUT2D eigenvalue weighted by Crippen LogP contribution is -2.32. The van der Waals surface area contributed by atoms with Crippen molar-refractivity contribution in [1.82, 2.24) is 4.72 Å². The molecule has 7 heteroatoms. The first-order chi connectivity index (χ1) is 9.45. The molecule has 4 N–H and O–H groups in total. The van der Waals surface area contributed by atoms with Crippen LogP contribution < -0.4 is 15.8 Å². The molecule has 108 valence electrons. The largest absolute Gasteiger partial charge is 0.397 e. The van der Waals surface area contributed by atoms with E-state index in [1.165, 1.54) is 12.1 Å². The van der Waals surface area contributed by atoms with E-state index in [1.807, 2.05) is 0 Å². The van der Waals surface area contributed by atoms with Crippen molar-refractivity contribution in [3.05, 3.63) is 17.7 Å². The summed E-state index contributed by atoms with van der Waals surface area (Å²) in [5, 5.41) is 2.64. The van der Waals surface area contributed by atoms with Crippen molar-refractivity contribution >= 4 is 27.3 Å². The summed E-state index contributed by atoms with van der Waals surface area (Å²) in [4.78, 5) is 11.5. The molecule has 1 aliphatic heterocycles. The van der Waals surface area contributed by atoms with Crippen LogP contribution in [0.4, 0.5) is 11.4 Å². The zero-order valence-electron chi connectivity index (χ0n) is 11.0. The number of anilines is 2. The van der Waals surface area contributed by atoms with Gasteiger partial charge >= 0.3 is 0 Å². The molecule has 1 fully saturated rings. The fraction of sp³-hybridized carbons (Fsp3) is 0.462. The van der Waals surface area contributed by atoms with E-state index in [-0.39, 0.29) is 23.3 Å². The molecule has 0 radical (unpaired) electrons. The molecule has 1 saturated carbocycles. The van der Waals surface area contributed by atoms with Crippen LogP contribution in [-0.4, -0.2) is 20.4 Å². The Morgan fingerprint density at radius 2 is 1.95 bits per heavy atom. The topological polar surface area (TPSA) is 101 Å². The van der Waals surface area contributed by atoms with Crippen LogP contribution >= 0.6 is 0 Å². The van der Waals surface area contributed by atoms with Crippen molar-refractivity contribution in [2.75, 3.05) is 11.1 Å². The number of carbonyl (C=O) groups excluding carboxylic acids is 1. The average Bonchev–Trinajstić information content (AvgIpc) is 2.97. The zero-order valence-corrected chi connectivity index (χ0v) is 11.8. The van der Waals surface area contributed by atoms with Gasteiger partial charge in [0.05, 0.1) is 22.7 Å². The molecule has 1 amide bonds. The first-order valence-corrected chi connectivity index (χ1v) is 8.18. The van der Waals surface area contributed by atoms with E-state index in [1.54, 1.807) is 0 Å². The van der Waals surface area contributed by atoms with Gasteiger partial charge in [0, 0.05) is 6.04 Å². The maximum Gasteiger partial charge on any atom is 0.240 e. The Morgan fingerprint density at radius 3 is 2.65 bits per heavy atom. The normalized spacial score (nSPS) is 19.1. The van der Waals surface area contributed by atoms with Gasteiger partial charge in [-0.25, -0.2) is 13.1 Å². The highest BCUT2D eigenvalue weighted by Crippen LogP contribution is 2.32. The van der Waals surface area contributed by atoms with Crippen LogP contribution in [0.1, 0.15) is 31.2 Å². The molecule has 20 heavy (non-hydrogen) atoms. The van der Waals surface area contributed by atoms with Crippen LogP contribution in [0.5, 0.6) is 0 Å². The second kappa shape index (κ2) is 4.75. The highest BCUT2D eigenvalue weighted by Gasteiger charge is 2.27. The first-order valence-electron chi connectivity index (χ1n) is 6.70. The Hall–Kier alpha value is -1.60. The average molecular weight is 295 g/mol. The molecule has 6 nitrogen and oxygen atoms in total. The summed E-state index contributed by atoms with van der Waals surface area (Å²) < 4.78 is 27.4. The SMILES string of the molecule is Nc1cc(S(=O)(=O)NC2CCCC2)cc2c1NC(=O)C2. The summed E-state index contributed by atoms with van der Waals surface area (Å²) in [6, 6.07) is 2.94. The first kappa shape index (κ1) is 13.4. The van der Waals surface area contributed by atoms with Gasteiger partial charge in [-0.15, -0.1) is 0 Å². The third-order valence-corrected chi connectivity index (χ3v) is 5.33. The van der Waals surface area contributed by atoms with E-state index < -0.39 is 10.0 Å². The quantitative estimate of drug-likeness (QED) is 0.724. The number of nitrogen functional groups attached to an aromatic ring is 1. The summed E-state index contributed by atoms with van der Waals surface area (Å²) in [6.07, 6.45) is 4.03. The number of sulfonamides is 1. The minimum absolute atomic E-state index is 0.00855. The Kier molecular flexibility index (Phi) is 3.18. The van der Waals surface area contributed by atoms with Gasteiger partial charge in [0.15, 0.2) is 0 Å². The van der Waals surface area contributed by atoms with Gasteiger partial charge in [-0.05, 0) is 30.5 Å². The Labute approximate surface area is 117 Å². The molecule has 0 spiro atoms. The standard InChI is InChI=1S/C13H17N3O3S/c14-11-7-10(5-8-6-12(17)15-13(8)11)20(18,19)16-9-3-1-2-4-9/h5,7,9,16H,1-4,6,14H2,(H,15,17). The Balaban J connectivity index is 1.92. The third kappa shape index (κ3) is 2.38. The monoisotopic (exact) mass is 295 g/mol. The van der Waals surface area contributed by atoms with E-state index in [9.17, 15) is 13.2 Å². The van der Waals surface area contributed by atoms with Crippen molar-refractivity contribution < 1.29 is 13.2 Å². The number of fused-ring (bicyclic) bond motifs is 1. The molecule has 3 rings (SSSR count). The Morgan fingerprint density at radius 1 is 1.25 bits per heavy atom. The van der Waals surface area contributed by atoms with Gasteiger partial charge in [0.1, 0.15) is 0 Å². The van der Waals surface area contributed by atoms with Crippen molar-refractivity contribution in [3.63, 3.8) is 0 Å². The summed E-state index contributed by atoms with van der Waals surface area (Å²) in [7, 11) is -3.57. The van der Waals surface area contributed by atoms with Crippen molar-refractivity contribution in [3.8, 4) is 0 Å². The van der Waals surface area contributed by atoms with Crippen molar-refractivity contribution in [2.45, 2.75) is 43.0 Å². The second-order valence-corrected chi connectivity index (χ2v) is 7.09. The van der Waals surface area contributed by atoms with Crippen LogP contribution in [-0.2, 0) is 21.2 Å². The number of nitrogens with two attached hydrogens (primary N) is 1. The van der Waals surface area contributed by atoms with E-state index >= 15 is 0 Å². The number of hydrogen-bond acceptors (Lipinski definition) is 4. The fourth-order valence-corrected chi connectivity index (χ4v) is 4.22. The smallest absolute Gasteiger partial charge is 0.240 e. The second-order valence-electron chi connectivity index (χ2n) is 5.37. The maximum absolute atomic E-state index is 12.3. The molecule has 0 aromatic heterocycles. The highest BCUT2D eigenvalue weighted by atomic mass is 32.2. The molecule has 0 bridgehead atoms. The number of rotatable bonds is 3. The van der Waals surface area contributed by atoms with Crippen LogP contribution in [0.3, 0.4) is 0 Å². The van der Waals surface area contributed by atoms with E-state index in [0.717, 1.165) is 25.7 Å². The molecule has 1 aliphatic carbocycles. The van der Waals surface area contributed by atoms with Gasteiger partial charge < -0.3 is 11.1 Å². The number of nitrogens with one attached hydrogen (secondary N) is 2. The molecular formula is C13H17N3O3S. The predicted octanol–water partition coefficient (Wildman–Crippen LogP) is 0.984. The lowest BCUT2D eigenvalue weighted by Gasteiger charge is -2.14. The van der Waals surface area contributed by atoms with Crippen LogP contribution in [0, 0.1) is 0 Å². The molecule has 0 atom stereocenters. The molecule has 2 aliphatic rings. The van der Waals surface area contributed by atoms with E-state index in [0.29, 0.717) is 16.9 Å². The minimum atomic E-state index is -3.57. The molecule has 0 saturated heterocycles. The van der Waals surface area contributed by atoms with Crippen molar-refractivity contribution in [2.24, 2.45) is 0 Å². The number of hydrogen-bond donors (Lipinski definition) is 3. The highest BCUT2D eigenvalue weighted by molar-refractivity contribution is 7.89. The summed E-state index contributed by atoms with van der Waals surface area (Å²) in [5.74, 6) is -0.162. The predicted molar refractivity (Wildman–Crippen MR) is 75.8 cm³/mol. The van der Waals surface area contributed by atoms with Gasteiger partial charge in [0.2, 0.25) is 15.9 Å². The summed E-state index contributed by atoms with van der Waals surface area (Å²) in [5.41, 5.74) is 7.30. The minimum Gasteiger partial charge on any atom is -0.397 e. The molecule has 0 unspecified atom stereocenters. The maximum atomic E-state index is 12.3. The van der Waals surface area contributed by atoms with Gasteiger partial charge in [-0.1, -0.05) is 12.8 Å². The number of carbonyl (C=O) groups is 1. The van der Waals surface area contributed by atoms with Crippen molar-refractivity contribution in [1.29, 1.82) is 0 Å². The van der Waals surface area contributed by atoms with Crippen LogP contribution in [0.25, 0.3) is 0 Å². The van der Waals surface area contributed by atoms with E-state index in [2.05, 4.69) is 10.0 Å². The van der Waals surface area contributed by atoms with Crippen LogP contribution in [0.15, 0.2) is 17.0 Å². The Bertz CT molecular complexity index is 664.